The Morgan fingerprint density at radius 2 is 1.82 bits per heavy atom. The summed E-state index contributed by atoms with van der Waals surface area (Å²) < 4.78 is 11.2. The number of anilines is 1. The van der Waals surface area contributed by atoms with Gasteiger partial charge in [-0.05, 0) is 58.2 Å². The monoisotopic (exact) mass is 363 g/mol. The first kappa shape index (κ1) is 16.4. The summed E-state index contributed by atoms with van der Waals surface area (Å²) in [6.45, 7) is 2.09. The van der Waals surface area contributed by atoms with E-state index in [0.717, 1.165) is 16.6 Å². The Labute approximate surface area is 138 Å². The summed E-state index contributed by atoms with van der Waals surface area (Å²) in [4.78, 5) is 12.4. The van der Waals surface area contributed by atoms with Crippen LogP contribution < -0.4 is 14.8 Å². The first-order chi connectivity index (χ1) is 10.6. The molecule has 0 radical (unpaired) electrons. The van der Waals surface area contributed by atoms with Crippen molar-refractivity contribution in [2.45, 2.75) is 13.3 Å². The van der Waals surface area contributed by atoms with E-state index in [1.807, 2.05) is 18.2 Å². The van der Waals surface area contributed by atoms with Gasteiger partial charge in [-0.2, -0.15) is 0 Å². The summed E-state index contributed by atoms with van der Waals surface area (Å²) in [6, 6.07) is 11.0. The molecular weight excluding hydrogens is 346 g/mol. The molecule has 0 bridgehead atoms. The van der Waals surface area contributed by atoms with E-state index in [-0.39, 0.29) is 5.91 Å². The van der Waals surface area contributed by atoms with E-state index >= 15 is 0 Å². The number of hydrogen-bond acceptors (Lipinski definition) is 3. The second-order valence-electron chi connectivity index (χ2n) is 4.69. The Morgan fingerprint density at radius 1 is 1.09 bits per heavy atom. The van der Waals surface area contributed by atoms with Gasteiger partial charge in [-0.1, -0.05) is 13.0 Å². The van der Waals surface area contributed by atoms with Crippen LogP contribution in [0.5, 0.6) is 11.5 Å². The number of halogens is 1. The molecule has 5 heteroatoms. The van der Waals surface area contributed by atoms with E-state index in [2.05, 4.69) is 28.2 Å². The maximum Gasteiger partial charge on any atom is 0.255 e. The summed E-state index contributed by atoms with van der Waals surface area (Å²) in [6.07, 6.45) is 0.947. The fourth-order valence-electron chi connectivity index (χ4n) is 2.05. The van der Waals surface area contributed by atoms with Crippen LogP contribution in [-0.2, 0) is 6.42 Å². The van der Waals surface area contributed by atoms with Gasteiger partial charge in [0.25, 0.3) is 5.91 Å². The molecule has 2 rings (SSSR count). The topological polar surface area (TPSA) is 47.6 Å². The van der Waals surface area contributed by atoms with Crippen molar-refractivity contribution >= 4 is 27.5 Å². The largest absolute Gasteiger partial charge is 0.493 e. The molecule has 2 aromatic carbocycles. The highest BCUT2D eigenvalue weighted by molar-refractivity contribution is 9.10. The molecule has 1 N–H and O–H groups in total. The fraction of sp³-hybridized carbons (Fsp3) is 0.235. The minimum atomic E-state index is -0.203. The number of carbonyl (C=O) groups excluding carboxylic acids is 1. The van der Waals surface area contributed by atoms with Crippen molar-refractivity contribution in [1.29, 1.82) is 0 Å². The van der Waals surface area contributed by atoms with Crippen LogP contribution in [0, 0.1) is 0 Å². The molecule has 0 saturated carbocycles. The van der Waals surface area contributed by atoms with Gasteiger partial charge in [0, 0.05) is 10.0 Å². The standard InChI is InChI=1S/C17H18BrNO3/c1-4-11-5-7-14(13(18)9-11)19-17(20)12-6-8-15(21-2)16(10-12)22-3/h5-10H,4H2,1-3H3,(H,19,20). The third-order valence-corrected chi connectivity index (χ3v) is 3.99. The lowest BCUT2D eigenvalue weighted by molar-refractivity contribution is 0.102. The molecule has 0 aliphatic heterocycles. The van der Waals surface area contributed by atoms with Gasteiger partial charge >= 0.3 is 0 Å². The predicted octanol–water partition coefficient (Wildman–Crippen LogP) is 4.28. The molecule has 116 valence electrons. The van der Waals surface area contributed by atoms with E-state index < -0.39 is 0 Å². The second-order valence-corrected chi connectivity index (χ2v) is 5.55. The van der Waals surface area contributed by atoms with Gasteiger partial charge < -0.3 is 14.8 Å². The van der Waals surface area contributed by atoms with Gasteiger partial charge in [-0.3, -0.25) is 4.79 Å². The molecule has 0 spiro atoms. The maximum atomic E-state index is 12.4. The Balaban J connectivity index is 2.22. The zero-order valence-electron chi connectivity index (χ0n) is 12.8. The van der Waals surface area contributed by atoms with Crippen molar-refractivity contribution in [3.63, 3.8) is 0 Å². The lowest BCUT2D eigenvalue weighted by Crippen LogP contribution is -2.12. The van der Waals surface area contributed by atoms with Gasteiger partial charge in [-0.25, -0.2) is 0 Å². The molecule has 0 unspecified atom stereocenters. The number of carbonyl (C=O) groups is 1. The highest BCUT2D eigenvalue weighted by Crippen LogP contribution is 2.29. The van der Waals surface area contributed by atoms with E-state index in [9.17, 15) is 4.79 Å². The zero-order valence-corrected chi connectivity index (χ0v) is 14.4. The molecule has 0 aliphatic carbocycles. The van der Waals surface area contributed by atoms with Crippen LogP contribution in [0.1, 0.15) is 22.8 Å². The summed E-state index contributed by atoms with van der Waals surface area (Å²) in [5, 5.41) is 2.88. The van der Waals surface area contributed by atoms with Gasteiger partial charge in [0.2, 0.25) is 0 Å². The summed E-state index contributed by atoms with van der Waals surface area (Å²) in [7, 11) is 3.10. The predicted molar refractivity (Wildman–Crippen MR) is 91.0 cm³/mol. The summed E-state index contributed by atoms with van der Waals surface area (Å²) in [5.41, 5.74) is 2.44. The quantitative estimate of drug-likeness (QED) is 0.862. The molecule has 0 aliphatic rings. The Bertz CT molecular complexity index is 686. The zero-order chi connectivity index (χ0) is 16.1. The number of aryl methyl sites for hydroxylation is 1. The Kier molecular flexibility index (Phi) is 5.44. The fourth-order valence-corrected chi connectivity index (χ4v) is 2.58. The molecule has 22 heavy (non-hydrogen) atoms. The van der Waals surface area contributed by atoms with Gasteiger partial charge in [0.1, 0.15) is 0 Å². The van der Waals surface area contributed by atoms with Gasteiger partial charge in [-0.15, -0.1) is 0 Å². The van der Waals surface area contributed by atoms with Crippen LogP contribution in [-0.4, -0.2) is 20.1 Å². The Hall–Kier alpha value is -2.01. The van der Waals surface area contributed by atoms with E-state index in [1.54, 1.807) is 32.4 Å². The molecule has 2 aromatic rings. The molecule has 0 fully saturated rings. The number of rotatable bonds is 5. The lowest BCUT2D eigenvalue weighted by atomic mass is 10.1. The normalized spacial score (nSPS) is 10.2. The van der Waals surface area contributed by atoms with Crippen LogP contribution in [0.25, 0.3) is 0 Å². The highest BCUT2D eigenvalue weighted by atomic mass is 79.9. The summed E-state index contributed by atoms with van der Waals surface area (Å²) >= 11 is 3.48. The van der Waals surface area contributed by atoms with E-state index in [0.29, 0.717) is 17.1 Å². The maximum absolute atomic E-state index is 12.4. The number of benzene rings is 2. The van der Waals surface area contributed by atoms with Crippen molar-refractivity contribution in [1.82, 2.24) is 0 Å². The van der Waals surface area contributed by atoms with Crippen molar-refractivity contribution in [3.8, 4) is 11.5 Å². The van der Waals surface area contributed by atoms with Crippen LogP contribution in [0.2, 0.25) is 0 Å². The molecule has 1 amide bonds. The van der Waals surface area contributed by atoms with Crippen molar-refractivity contribution in [2.24, 2.45) is 0 Å². The average molecular weight is 364 g/mol. The minimum absolute atomic E-state index is 0.203. The molecule has 4 nitrogen and oxygen atoms in total. The van der Waals surface area contributed by atoms with E-state index in [1.165, 1.54) is 5.56 Å². The first-order valence-corrected chi connectivity index (χ1v) is 7.70. The van der Waals surface area contributed by atoms with Crippen LogP contribution in [0.3, 0.4) is 0 Å². The molecule has 0 saturated heterocycles. The van der Waals surface area contributed by atoms with Crippen molar-refractivity contribution in [2.75, 3.05) is 19.5 Å². The van der Waals surface area contributed by atoms with Gasteiger partial charge in [0.05, 0.1) is 19.9 Å². The third kappa shape index (κ3) is 3.60. The number of ether oxygens (including phenoxy) is 2. The molecule has 0 atom stereocenters. The molecular formula is C17H18BrNO3. The second kappa shape index (κ2) is 7.31. The smallest absolute Gasteiger partial charge is 0.255 e. The van der Waals surface area contributed by atoms with Crippen molar-refractivity contribution in [3.05, 3.63) is 52.0 Å². The van der Waals surface area contributed by atoms with Gasteiger partial charge in [0.15, 0.2) is 11.5 Å². The number of hydrogen-bond donors (Lipinski definition) is 1. The number of amides is 1. The summed E-state index contributed by atoms with van der Waals surface area (Å²) in [5.74, 6) is 0.911. The number of methoxy groups -OCH3 is 2. The molecule has 0 heterocycles. The van der Waals surface area contributed by atoms with Crippen LogP contribution in [0.4, 0.5) is 5.69 Å². The van der Waals surface area contributed by atoms with E-state index in [4.69, 9.17) is 9.47 Å². The highest BCUT2D eigenvalue weighted by Gasteiger charge is 2.12. The molecule has 0 aromatic heterocycles. The lowest BCUT2D eigenvalue weighted by Gasteiger charge is -2.11. The Morgan fingerprint density at radius 3 is 2.41 bits per heavy atom. The average Bonchev–Trinajstić information content (AvgIpc) is 2.55. The van der Waals surface area contributed by atoms with Crippen LogP contribution in [0.15, 0.2) is 40.9 Å². The third-order valence-electron chi connectivity index (χ3n) is 3.34. The SMILES string of the molecule is CCc1ccc(NC(=O)c2ccc(OC)c(OC)c2)c(Br)c1. The van der Waals surface area contributed by atoms with Crippen molar-refractivity contribution < 1.29 is 14.3 Å². The first-order valence-electron chi connectivity index (χ1n) is 6.90. The van der Waals surface area contributed by atoms with Crippen LogP contribution >= 0.6 is 15.9 Å². The number of nitrogens with one attached hydrogen (secondary N) is 1. The minimum Gasteiger partial charge on any atom is -0.493 e.